The smallest absolute Gasteiger partial charge is 1.00 e. The van der Waals surface area contributed by atoms with Crippen LogP contribution >= 0.6 is 0 Å². The Labute approximate surface area is 151 Å². The number of hydrogen-bond acceptors (Lipinski definition) is 1. The predicted molar refractivity (Wildman–Crippen MR) is 71.7 cm³/mol. The molecule has 1 N–H and O–H groups in total. The van der Waals surface area contributed by atoms with Crippen molar-refractivity contribution in [2.24, 2.45) is 5.92 Å². The Kier molecular flexibility index (Phi) is 30.7. The summed E-state index contributed by atoms with van der Waals surface area (Å²) >= 11 is 0. The average molecular weight is 399 g/mol. The van der Waals surface area contributed by atoms with Gasteiger partial charge < -0.3 is 35.3 Å². The van der Waals surface area contributed by atoms with E-state index >= 15 is 0 Å². The molecule has 0 atom stereocenters. The second-order valence-corrected chi connectivity index (χ2v) is 5.08. The first-order valence-electron chi connectivity index (χ1n) is 5.93. The maximum absolute atomic E-state index is 10.3. The Morgan fingerprint density at radius 3 is 1.89 bits per heavy atom. The van der Waals surface area contributed by atoms with Crippen molar-refractivity contribution in [2.45, 2.75) is 45.2 Å². The molecule has 0 unspecified atom stereocenters. The molecule has 0 bridgehead atoms. The first kappa shape index (κ1) is 27.9. The fraction of sp³-hybridized carbons (Fsp3) is 0.615. The van der Waals surface area contributed by atoms with Crippen LogP contribution in [0.1, 0.15) is 32.1 Å². The molecule has 0 aliphatic heterocycles. The molecule has 0 aromatic rings. The molecule has 0 heterocycles. The summed E-state index contributed by atoms with van der Waals surface area (Å²) in [7, 11) is 0.750. The fourth-order valence-electron chi connectivity index (χ4n) is 1.53. The van der Waals surface area contributed by atoms with Gasteiger partial charge in [-0.3, -0.25) is 6.08 Å². The minimum atomic E-state index is -0.359. The summed E-state index contributed by atoms with van der Waals surface area (Å²) in [5, 5.41) is 0. The molecular weight excluding hydrogens is 376 g/mol. The molecule has 2 nitrogen and oxygen atoms in total. The average Bonchev–Trinajstić information content (AvgIpc) is 2.96. The van der Waals surface area contributed by atoms with E-state index in [9.17, 15) is 4.79 Å². The number of carbonyl (C=O) groups excluding carboxylic acids is 1. The molecule has 0 aromatic heterocycles. The molecule has 2 aliphatic rings. The number of hydrogen-bond donors (Lipinski definition) is 0. The largest absolute Gasteiger partial charge is 4.00 e. The summed E-state index contributed by atoms with van der Waals surface area (Å²) in [5.74, 6) is -0.266. The van der Waals surface area contributed by atoms with E-state index in [-0.39, 0.29) is 62.8 Å². The van der Waals surface area contributed by atoms with E-state index in [1.54, 1.807) is 0 Å². The number of amides is 1. The normalized spacial score (nSPS) is 14.6. The summed E-state index contributed by atoms with van der Waals surface area (Å²) in [6.07, 6.45) is 14.2. The Hall–Kier alpha value is 0.630. The van der Waals surface area contributed by atoms with E-state index in [2.05, 4.69) is 25.2 Å². The van der Waals surface area contributed by atoms with E-state index in [0.717, 1.165) is 41.6 Å². The molecule has 0 saturated heterocycles. The predicted octanol–water partition coefficient (Wildman–Crippen LogP) is -2.41. The zero-order valence-electron chi connectivity index (χ0n) is 11.6. The fourth-order valence-corrected chi connectivity index (χ4v) is 1.53. The monoisotopic (exact) mass is 396 g/mol. The van der Waals surface area contributed by atoms with Crippen LogP contribution in [-0.4, -0.2) is 15.4 Å². The Morgan fingerprint density at radius 1 is 1.26 bits per heavy atom. The third kappa shape index (κ3) is 18.6. The van der Waals surface area contributed by atoms with E-state index in [1.807, 2.05) is 12.2 Å². The van der Waals surface area contributed by atoms with Gasteiger partial charge in [0.15, 0.2) is 0 Å². The third-order valence-corrected chi connectivity index (χ3v) is 2.31. The van der Waals surface area contributed by atoms with Crippen molar-refractivity contribution in [3.63, 3.8) is 0 Å². The van der Waals surface area contributed by atoms with Crippen molar-refractivity contribution in [2.75, 3.05) is 0 Å². The van der Waals surface area contributed by atoms with Gasteiger partial charge in [-0.1, -0.05) is 25.9 Å². The SMILES string of the molecule is C[SiH]C.[C-]1=CC=CC1.[Cl-].[Cl-].[NH-]C(=O)C1CCCC1.[Zr+4]. The maximum Gasteiger partial charge on any atom is 4.00 e. The summed E-state index contributed by atoms with van der Waals surface area (Å²) in [5.41, 5.74) is 6.74. The van der Waals surface area contributed by atoms with Gasteiger partial charge in [0.25, 0.3) is 0 Å². The van der Waals surface area contributed by atoms with Gasteiger partial charge in [-0.25, -0.2) is 12.2 Å². The van der Waals surface area contributed by atoms with E-state index in [1.165, 1.54) is 0 Å². The van der Waals surface area contributed by atoms with Crippen LogP contribution < -0.4 is 24.8 Å². The van der Waals surface area contributed by atoms with Gasteiger partial charge in [0.1, 0.15) is 0 Å². The maximum atomic E-state index is 10.3. The van der Waals surface area contributed by atoms with Gasteiger partial charge in [0.2, 0.25) is 0 Å². The molecule has 2 rings (SSSR count). The molecular formula is C13H22Cl2NOSiZr. The first-order chi connectivity index (χ1) is 7.72. The van der Waals surface area contributed by atoms with E-state index < -0.39 is 0 Å². The van der Waals surface area contributed by atoms with Crippen LogP contribution in [0.2, 0.25) is 13.1 Å². The number of rotatable bonds is 1. The van der Waals surface area contributed by atoms with Crippen molar-refractivity contribution < 1.29 is 55.8 Å². The zero-order chi connectivity index (χ0) is 12.2. The molecule has 1 radical (unpaired) electrons. The van der Waals surface area contributed by atoms with Crippen LogP contribution in [0.25, 0.3) is 5.73 Å². The molecule has 2 aliphatic carbocycles. The molecule has 0 spiro atoms. The number of nitrogens with one attached hydrogen (secondary N) is 1. The topological polar surface area (TPSA) is 40.9 Å². The third-order valence-electron chi connectivity index (χ3n) is 2.31. The van der Waals surface area contributed by atoms with Crippen LogP contribution in [0.5, 0.6) is 0 Å². The van der Waals surface area contributed by atoms with Crippen molar-refractivity contribution in [1.29, 1.82) is 0 Å². The minimum Gasteiger partial charge on any atom is -1.00 e. The molecule has 1 amide bonds. The Morgan fingerprint density at radius 2 is 1.74 bits per heavy atom. The van der Waals surface area contributed by atoms with Gasteiger partial charge in [-0.15, -0.1) is 6.42 Å². The minimum absolute atomic E-state index is 0. The van der Waals surface area contributed by atoms with Crippen molar-refractivity contribution >= 4 is 15.4 Å². The van der Waals surface area contributed by atoms with Crippen molar-refractivity contribution in [3.05, 3.63) is 30.0 Å². The molecule has 19 heavy (non-hydrogen) atoms. The summed E-state index contributed by atoms with van der Waals surface area (Å²) < 4.78 is 0. The van der Waals surface area contributed by atoms with Crippen LogP contribution in [0.15, 0.2) is 18.2 Å². The van der Waals surface area contributed by atoms with Crippen LogP contribution in [0.3, 0.4) is 0 Å². The van der Waals surface area contributed by atoms with Crippen molar-refractivity contribution in [3.8, 4) is 0 Å². The van der Waals surface area contributed by atoms with Gasteiger partial charge in [0.05, 0.1) is 5.91 Å². The number of carbonyl (C=O) groups is 1. The second-order valence-electron chi connectivity index (χ2n) is 3.93. The van der Waals surface area contributed by atoms with Gasteiger partial charge in [0, 0.05) is 15.4 Å². The summed E-state index contributed by atoms with van der Waals surface area (Å²) in [6.45, 7) is 4.42. The quantitative estimate of drug-likeness (QED) is 0.358. The summed E-state index contributed by atoms with van der Waals surface area (Å²) in [6, 6.07) is 0. The molecule has 0 aromatic carbocycles. The second kappa shape index (κ2) is 20.9. The number of halogens is 2. The van der Waals surface area contributed by atoms with Crippen molar-refractivity contribution in [1.82, 2.24) is 0 Å². The first-order valence-corrected chi connectivity index (χ1v) is 8.24. The molecule has 6 heteroatoms. The van der Waals surface area contributed by atoms with Gasteiger partial charge in [-0.05, 0) is 12.8 Å². The van der Waals surface area contributed by atoms with E-state index in [0.29, 0.717) is 0 Å². The van der Waals surface area contributed by atoms with Crippen LogP contribution in [0.4, 0.5) is 0 Å². The van der Waals surface area contributed by atoms with Gasteiger partial charge in [-0.2, -0.15) is 6.08 Å². The van der Waals surface area contributed by atoms with Crippen LogP contribution in [-0.2, 0) is 31.0 Å². The standard InChI is InChI=1S/C6H11NO.C5H5.C2H7Si.2ClH.Zr/c7-6(8)5-3-1-2-4-5;1-2-4-5-3-1;1-3-2;;;/h5H,1-4H2,(H2,7,8);1-3H,4H2;3H,1-2H3;2*1H;/q;-1;;;;+4/p-3. The zero-order valence-corrected chi connectivity index (χ0v) is 16.7. The molecule has 1 fully saturated rings. The molecule has 107 valence electrons. The van der Waals surface area contributed by atoms with Gasteiger partial charge >= 0.3 is 26.2 Å². The Bertz CT molecular complexity index is 235. The van der Waals surface area contributed by atoms with Crippen LogP contribution in [0, 0.1) is 12.0 Å². The van der Waals surface area contributed by atoms with E-state index in [4.69, 9.17) is 5.73 Å². The molecule has 1 saturated carbocycles. The summed E-state index contributed by atoms with van der Waals surface area (Å²) in [4.78, 5) is 10.3. The number of allylic oxidation sites excluding steroid dienone is 4. The Balaban J connectivity index is -0.0000000907.